The molecular weight excluding hydrogens is 318 g/mol. The fourth-order valence-corrected chi connectivity index (χ4v) is 3.11. The van der Waals surface area contributed by atoms with E-state index in [0.29, 0.717) is 38.2 Å². The third-order valence-corrected chi connectivity index (χ3v) is 4.54. The van der Waals surface area contributed by atoms with Crippen molar-refractivity contribution in [3.63, 3.8) is 0 Å². The maximum atomic E-state index is 12.3. The van der Waals surface area contributed by atoms with Crippen LogP contribution in [0.3, 0.4) is 0 Å². The number of piperidine rings is 1. The maximum absolute atomic E-state index is 12.3. The van der Waals surface area contributed by atoms with Gasteiger partial charge in [-0.1, -0.05) is 35.5 Å². The van der Waals surface area contributed by atoms with Crippen molar-refractivity contribution in [1.82, 2.24) is 15.4 Å². The van der Waals surface area contributed by atoms with Gasteiger partial charge in [-0.3, -0.25) is 9.59 Å². The highest BCUT2D eigenvalue weighted by atomic mass is 16.5. The van der Waals surface area contributed by atoms with E-state index in [4.69, 9.17) is 4.52 Å². The predicted octanol–water partition coefficient (Wildman–Crippen LogP) is 2.16. The molecule has 1 fully saturated rings. The van der Waals surface area contributed by atoms with E-state index >= 15 is 0 Å². The molecule has 0 radical (unpaired) electrons. The van der Waals surface area contributed by atoms with Gasteiger partial charge in [-0.15, -0.1) is 0 Å². The van der Waals surface area contributed by atoms with Gasteiger partial charge in [0.05, 0.1) is 12.5 Å². The van der Waals surface area contributed by atoms with Gasteiger partial charge >= 0.3 is 0 Å². The normalized spacial score (nSPS) is 17.5. The first-order valence-corrected chi connectivity index (χ1v) is 8.71. The van der Waals surface area contributed by atoms with Crippen molar-refractivity contribution in [2.24, 2.45) is 5.92 Å². The standard InChI is InChI=1S/C19H23N3O3/c23-18-9-8-16(19(24)20-13-17-10-12-25-21-17)14-22(18)11-4-7-15-5-2-1-3-6-15/h1-3,5-6,10,12,16H,4,7-9,11,13-14H2,(H,20,24)/t16-/m1/s1. The zero-order valence-corrected chi connectivity index (χ0v) is 14.2. The quantitative estimate of drug-likeness (QED) is 0.837. The molecule has 6 nitrogen and oxygen atoms in total. The molecule has 1 aliphatic heterocycles. The average molecular weight is 341 g/mol. The summed E-state index contributed by atoms with van der Waals surface area (Å²) in [5, 5.41) is 6.65. The van der Waals surface area contributed by atoms with Gasteiger partial charge in [-0.05, 0) is 24.8 Å². The Morgan fingerprint density at radius 2 is 2.12 bits per heavy atom. The molecule has 6 heteroatoms. The number of nitrogens with zero attached hydrogens (tertiary/aromatic N) is 2. The van der Waals surface area contributed by atoms with Crippen LogP contribution in [0.15, 0.2) is 47.2 Å². The predicted molar refractivity (Wildman–Crippen MR) is 92.4 cm³/mol. The molecule has 2 aromatic rings. The van der Waals surface area contributed by atoms with E-state index in [1.165, 1.54) is 11.8 Å². The summed E-state index contributed by atoms with van der Waals surface area (Å²) < 4.78 is 4.75. The first-order chi connectivity index (χ1) is 12.2. The molecule has 1 N–H and O–H groups in total. The van der Waals surface area contributed by atoms with Gasteiger partial charge in [0.15, 0.2) is 0 Å². The summed E-state index contributed by atoms with van der Waals surface area (Å²) in [6.45, 7) is 1.55. The van der Waals surface area contributed by atoms with Crippen LogP contribution in [-0.2, 0) is 22.6 Å². The molecule has 1 aliphatic rings. The van der Waals surface area contributed by atoms with Crippen molar-refractivity contribution in [3.8, 4) is 0 Å². The number of carbonyl (C=O) groups excluding carboxylic acids is 2. The van der Waals surface area contributed by atoms with Crippen molar-refractivity contribution in [1.29, 1.82) is 0 Å². The second kappa shape index (κ2) is 8.46. The number of carbonyl (C=O) groups is 2. The Kier molecular flexibility index (Phi) is 5.82. The van der Waals surface area contributed by atoms with Crippen molar-refractivity contribution >= 4 is 11.8 Å². The summed E-state index contributed by atoms with van der Waals surface area (Å²) >= 11 is 0. The maximum Gasteiger partial charge on any atom is 0.225 e. The van der Waals surface area contributed by atoms with E-state index in [9.17, 15) is 9.59 Å². The molecule has 3 rings (SSSR count). The van der Waals surface area contributed by atoms with E-state index in [1.54, 1.807) is 6.07 Å². The van der Waals surface area contributed by atoms with Crippen LogP contribution < -0.4 is 5.32 Å². The molecule has 1 saturated heterocycles. The van der Waals surface area contributed by atoms with E-state index in [1.807, 2.05) is 23.1 Å². The lowest BCUT2D eigenvalue weighted by molar-refractivity contribution is -0.138. The summed E-state index contributed by atoms with van der Waals surface area (Å²) in [6.07, 6.45) is 4.37. The van der Waals surface area contributed by atoms with Gasteiger partial charge in [0.1, 0.15) is 12.0 Å². The Hall–Kier alpha value is -2.63. The highest BCUT2D eigenvalue weighted by molar-refractivity contribution is 5.83. The van der Waals surface area contributed by atoms with E-state index in [2.05, 4.69) is 22.6 Å². The molecule has 1 aromatic heterocycles. The minimum Gasteiger partial charge on any atom is -0.364 e. The molecular formula is C19H23N3O3. The number of hydrogen-bond donors (Lipinski definition) is 1. The largest absolute Gasteiger partial charge is 0.364 e. The molecule has 1 atom stereocenters. The first kappa shape index (κ1) is 17.2. The molecule has 1 aromatic carbocycles. The third kappa shape index (κ3) is 4.92. The summed E-state index contributed by atoms with van der Waals surface area (Å²) in [4.78, 5) is 26.3. The van der Waals surface area contributed by atoms with Crippen LogP contribution in [0.2, 0.25) is 0 Å². The van der Waals surface area contributed by atoms with Crippen molar-refractivity contribution in [2.75, 3.05) is 13.1 Å². The Bertz CT molecular complexity index is 685. The van der Waals surface area contributed by atoms with Crippen LogP contribution >= 0.6 is 0 Å². The Morgan fingerprint density at radius 3 is 2.88 bits per heavy atom. The number of nitrogens with one attached hydrogen (secondary N) is 1. The number of aromatic nitrogens is 1. The van der Waals surface area contributed by atoms with Crippen molar-refractivity contribution in [3.05, 3.63) is 53.9 Å². The Morgan fingerprint density at radius 1 is 1.28 bits per heavy atom. The van der Waals surface area contributed by atoms with Crippen LogP contribution in [0.1, 0.15) is 30.5 Å². The Balaban J connectivity index is 1.45. The van der Waals surface area contributed by atoms with Crippen molar-refractivity contribution < 1.29 is 14.1 Å². The monoisotopic (exact) mass is 341 g/mol. The fourth-order valence-electron chi connectivity index (χ4n) is 3.11. The molecule has 0 aliphatic carbocycles. The highest BCUT2D eigenvalue weighted by Crippen LogP contribution is 2.18. The number of hydrogen-bond acceptors (Lipinski definition) is 4. The molecule has 0 bridgehead atoms. The summed E-state index contributed by atoms with van der Waals surface area (Å²) in [5.41, 5.74) is 1.97. The number of aryl methyl sites for hydroxylation is 1. The Labute approximate surface area is 147 Å². The minimum atomic E-state index is -0.152. The van der Waals surface area contributed by atoms with E-state index in [0.717, 1.165) is 12.8 Å². The number of likely N-dealkylation sites (tertiary alicyclic amines) is 1. The SMILES string of the molecule is O=C(NCc1ccon1)[C@@H]1CCC(=O)N(CCCc2ccccc2)C1. The van der Waals surface area contributed by atoms with Crippen LogP contribution in [0.4, 0.5) is 0 Å². The summed E-state index contributed by atoms with van der Waals surface area (Å²) in [5.74, 6) is -0.0292. The lowest BCUT2D eigenvalue weighted by Crippen LogP contribution is -2.46. The van der Waals surface area contributed by atoms with Gasteiger partial charge in [0, 0.05) is 25.6 Å². The first-order valence-electron chi connectivity index (χ1n) is 8.71. The number of amides is 2. The lowest BCUT2D eigenvalue weighted by atomic mass is 9.96. The second-order valence-electron chi connectivity index (χ2n) is 6.37. The van der Waals surface area contributed by atoms with Crippen LogP contribution in [-0.4, -0.2) is 35.0 Å². The van der Waals surface area contributed by atoms with Gasteiger partial charge in [-0.2, -0.15) is 0 Å². The zero-order chi connectivity index (χ0) is 17.5. The summed E-state index contributed by atoms with van der Waals surface area (Å²) in [6, 6.07) is 12.0. The number of rotatable bonds is 7. The molecule has 0 unspecified atom stereocenters. The zero-order valence-electron chi connectivity index (χ0n) is 14.2. The topological polar surface area (TPSA) is 75.4 Å². The fraction of sp³-hybridized carbons (Fsp3) is 0.421. The molecule has 132 valence electrons. The second-order valence-corrected chi connectivity index (χ2v) is 6.37. The van der Waals surface area contributed by atoms with Gasteiger partial charge in [-0.25, -0.2) is 0 Å². The molecule has 25 heavy (non-hydrogen) atoms. The van der Waals surface area contributed by atoms with Gasteiger partial charge in [0.2, 0.25) is 11.8 Å². The third-order valence-electron chi connectivity index (χ3n) is 4.54. The van der Waals surface area contributed by atoms with Crippen molar-refractivity contribution in [2.45, 2.75) is 32.2 Å². The molecule has 0 saturated carbocycles. The van der Waals surface area contributed by atoms with Crippen LogP contribution in [0, 0.1) is 5.92 Å². The van der Waals surface area contributed by atoms with Crippen LogP contribution in [0.25, 0.3) is 0 Å². The van der Waals surface area contributed by atoms with Crippen LogP contribution in [0.5, 0.6) is 0 Å². The number of benzene rings is 1. The molecule has 2 amide bonds. The van der Waals surface area contributed by atoms with E-state index in [-0.39, 0.29) is 17.7 Å². The summed E-state index contributed by atoms with van der Waals surface area (Å²) in [7, 11) is 0. The van der Waals surface area contributed by atoms with Gasteiger partial charge in [0.25, 0.3) is 0 Å². The highest BCUT2D eigenvalue weighted by Gasteiger charge is 2.29. The van der Waals surface area contributed by atoms with E-state index < -0.39 is 0 Å². The minimum absolute atomic E-state index is 0.0245. The molecule has 0 spiro atoms. The smallest absolute Gasteiger partial charge is 0.225 e. The lowest BCUT2D eigenvalue weighted by Gasteiger charge is -2.32. The van der Waals surface area contributed by atoms with Gasteiger partial charge < -0.3 is 14.7 Å². The average Bonchev–Trinajstić information content (AvgIpc) is 3.16. The molecule has 2 heterocycles.